The predicted molar refractivity (Wildman–Crippen MR) is 88.0 cm³/mol. The van der Waals surface area contributed by atoms with Crippen LogP contribution in [0.1, 0.15) is 47.7 Å². The molecule has 1 aromatic rings. The number of benzene rings is 1. The molecule has 0 bridgehead atoms. The first-order valence-corrected chi connectivity index (χ1v) is 8.13. The highest BCUT2D eigenvalue weighted by Crippen LogP contribution is 2.26. The van der Waals surface area contributed by atoms with Crippen LogP contribution >= 0.6 is 0 Å². The summed E-state index contributed by atoms with van der Waals surface area (Å²) in [6.45, 7) is 7.09. The number of aliphatic carboxylic acids is 1. The van der Waals surface area contributed by atoms with Crippen molar-refractivity contribution in [1.29, 1.82) is 0 Å². The van der Waals surface area contributed by atoms with Gasteiger partial charge in [0.1, 0.15) is 5.75 Å². The number of carbonyl (C=O) groups excluding carboxylic acids is 1. The molecule has 23 heavy (non-hydrogen) atoms. The molecule has 0 aromatic heterocycles. The lowest BCUT2D eigenvalue weighted by molar-refractivity contribution is -0.139. The van der Waals surface area contributed by atoms with Gasteiger partial charge in [-0.05, 0) is 55.9 Å². The molecule has 0 spiro atoms. The van der Waals surface area contributed by atoms with Crippen LogP contribution in [-0.2, 0) is 4.79 Å². The van der Waals surface area contributed by atoms with Gasteiger partial charge in [-0.15, -0.1) is 0 Å². The molecule has 5 nitrogen and oxygen atoms in total. The number of ether oxygens (including phenoxy) is 1. The van der Waals surface area contributed by atoms with Crippen LogP contribution in [0.25, 0.3) is 0 Å². The van der Waals surface area contributed by atoms with Gasteiger partial charge in [-0.3, -0.25) is 4.79 Å². The summed E-state index contributed by atoms with van der Waals surface area (Å²) >= 11 is 0. The topological polar surface area (TPSA) is 66.8 Å². The Hall–Kier alpha value is -2.04. The minimum atomic E-state index is -1.01. The maximum Gasteiger partial charge on any atom is 0.341 e. The van der Waals surface area contributed by atoms with E-state index in [-0.39, 0.29) is 12.5 Å². The van der Waals surface area contributed by atoms with Crippen molar-refractivity contribution in [1.82, 2.24) is 4.90 Å². The number of hydrogen-bond acceptors (Lipinski definition) is 3. The van der Waals surface area contributed by atoms with Gasteiger partial charge < -0.3 is 14.7 Å². The average Bonchev–Trinajstić information content (AvgIpc) is 2.69. The Morgan fingerprint density at radius 1 is 1.26 bits per heavy atom. The zero-order valence-corrected chi connectivity index (χ0v) is 14.1. The summed E-state index contributed by atoms with van der Waals surface area (Å²) in [4.78, 5) is 25.4. The van der Waals surface area contributed by atoms with E-state index in [2.05, 4.69) is 6.92 Å². The van der Waals surface area contributed by atoms with Crippen LogP contribution < -0.4 is 4.74 Å². The first-order valence-electron chi connectivity index (χ1n) is 8.13. The molecular formula is C18H25NO4. The zero-order valence-electron chi connectivity index (χ0n) is 14.1. The highest BCUT2D eigenvalue weighted by atomic mass is 16.5. The smallest absolute Gasteiger partial charge is 0.341 e. The highest BCUT2D eigenvalue weighted by molar-refractivity contribution is 5.95. The summed E-state index contributed by atoms with van der Waals surface area (Å²) in [7, 11) is 0. The van der Waals surface area contributed by atoms with Crippen LogP contribution in [0.3, 0.4) is 0 Å². The van der Waals surface area contributed by atoms with Gasteiger partial charge in [0.2, 0.25) is 0 Å². The standard InChI is InChI=1S/C18H25NO4/c1-12-6-4-5-7-19(10-12)18(22)15-8-13(2)17(14(3)9-15)23-11-16(20)21/h8-9,12H,4-7,10-11H2,1-3H3,(H,20,21). The van der Waals surface area contributed by atoms with Gasteiger partial charge >= 0.3 is 5.97 Å². The largest absolute Gasteiger partial charge is 0.481 e. The summed E-state index contributed by atoms with van der Waals surface area (Å²) in [5.74, 6) is 0.118. The van der Waals surface area contributed by atoms with E-state index in [0.29, 0.717) is 17.2 Å². The average molecular weight is 319 g/mol. The Bertz CT molecular complexity index is 574. The number of aryl methyl sites for hydroxylation is 2. The second kappa shape index (κ2) is 7.49. The predicted octanol–water partition coefficient (Wildman–Crippen LogP) is 3.03. The molecule has 0 saturated carbocycles. The number of nitrogens with zero attached hydrogens (tertiary/aromatic N) is 1. The lowest BCUT2D eigenvalue weighted by atomic mass is 10.0. The van der Waals surface area contributed by atoms with Gasteiger partial charge in [0.15, 0.2) is 6.61 Å². The molecule has 1 aromatic carbocycles. The van der Waals surface area contributed by atoms with Crippen LogP contribution in [-0.4, -0.2) is 41.6 Å². The number of rotatable bonds is 4. The van der Waals surface area contributed by atoms with Crippen LogP contribution in [0.15, 0.2) is 12.1 Å². The molecule has 1 aliphatic rings. The van der Waals surface area contributed by atoms with E-state index in [4.69, 9.17) is 9.84 Å². The lowest BCUT2D eigenvalue weighted by Crippen LogP contribution is -2.34. The van der Waals surface area contributed by atoms with Gasteiger partial charge in [-0.2, -0.15) is 0 Å². The van der Waals surface area contributed by atoms with E-state index in [1.54, 1.807) is 12.1 Å². The molecule has 1 fully saturated rings. The molecule has 2 rings (SSSR count). The van der Waals surface area contributed by atoms with Gasteiger partial charge in [0, 0.05) is 18.7 Å². The lowest BCUT2D eigenvalue weighted by Gasteiger charge is -2.23. The Morgan fingerprint density at radius 2 is 1.91 bits per heavy atom. The van der Waals surface area contributed by atoms with E-state index in [1.807, 2.05) is 18.7 Å². The molecular weight excluding hydrogens is 294 g/mol. The summed E-state index contributed by atoms with van der Waals surface area (Å²) < 4.78 is 5.32. The molecule has 1 amide bonds. The first-order chi connectivity index (χ1) is 10.9. The first kappa shape index (κ1) is 17.3. The summed E-state index contributed by atoms with van der Waals surface area (Å²) in [6.07, 6.45) is 3.39. The molecule has 1 heterocycles. The molecule has 1 N–H and O–H groups in total. The highest BCUT2D eigenvalue weighted by Gasteiger charge is 2.22. The van der Waals surface area contributed by atoms with Crippen molar-refractivity contribution in [3.8, 4) is 5.75 Å². The van der Waals surface area contributed by atoms with Crippen molar-refractivity contribution in [2.75, 3.05) is 19.7 Å². The summed E-state index contributed by atoms with van der Waals surface area (Å²) in [5, 5.41) is 8.74. The molecule has 1 saturated heterocycles. The van der Waals surface area contributed by atoms with Gasteiger partial charge in [0.05, 0.1) is 0 Å². The van der Waals surface area contributed by atoms with E-state index >= 15 is 0 Å². The SMILES string of the molecule is Cc1cc(C(=O)N2CCCCC(C)C2)cc(C)c1OCC(=O)O. The number of carbonyl (C=O) groups is 2. The maximum absolute atomic E-state index is 12.8. The Balaban J connectivity index is 2.19. The van der Waals surface area contributed by atoms with Crippen LogP contribution in [0.5, 0.6) is 5.75 Å². The minimum Gasteiger partial charge on any atom is -0.481 e. The quantitative estimate of drug-likeness (QED) is 0.926. The van der Waals surface area contributed by atoms with E-state index in [0.717, 1.165) is 30.6 Å². The normalized spacial score (nSPS) is 18.4. The Morgan fingerprint density at radius 3 is 2.52 bits per heavy atom. The zero-order chi connectivity index (χ0) is 17.0. The Kier molecular flexibility index (Phi) is 5.64. The van der Waals surface area contributed by atoms with Crippen molar-refractivity contribution >= 4 is 11.9 Å². The van der Waals surface area contributed by atoms with Gasteiger partial charge in [0.25, 0.3) is 5.91 Å². The van der Waals surface area contributed by atoms with Crippen LogP contribution in [0.4, 0.5) is 0 Å². The second-order valence-electron chi connectivity index (χ2n) is 6.47. The third-order valence-electron chi connectivity index (χ3n) is 4.24. The minimum absolute atomic E-state index is 0.0507. The van der Waals surface area contributed by atoms with Crippen molar-refractivity contribution in [2.24, 2.45) is 5.92 Å². The molecule has 126 valence electrons. The maximum atomic E-state index is 12.8. The van der Waals surface area contributed by atoms with E-state index in [9.17, 15) is 9.59 Å². The van der Waals surface area contributed by atoms with E-state index in [1.165, 1.54) is 12.8 Å². The fourth-order valence-corrected chi connectivity index (χ4v) is 3.16. The third-order valence-corrected chi connectivity index (χ3v) is 4.24. The third kappa shape index (κ3) is 4.47. The number of carboxylic acids is 1. The van der Waals surface area contributed by atoms with Crippen LogP contribution in [0.2, 0.25) is 0 Å². The molecule has 1 aliphatic heterocycles. The van der Waals surface area contributed by atoms with E-state index < -0.39 is 5.97 Å². The summed E-state index contributed by atoms with van der Waals surface area (Å²) in [5.41, 5.74) is 2.23. The molecule has 0 aliphatic carbocycles. The number of hydrogen-bond donors (Lipinski definition) is 1. The van der Waals surface area contributed by atoms with Gasteiger partial charge in [-0.1, -0.05) is 13.3 Å². The van der Waals surface area contributed by atoms with Gasteiger partial charge in [-0.25, -0.2) is 4.79 Å². The van der Waals surface area contributed by atoms with Crippen molar-refractivity contribution in [3.63, 3.8) is 0 Å². The number of amides is 1. The molecule has 1 unspecified atom stereocenters. The molecule has 0 radical (unpaired) electrons. The number of likely N-dealkylation sites (tertiary alicyclic amines) is 1. The number of carboxylic acid groups (broad SMARTS) is 1. The summed E-state index contributed by atoms with van der Waals surface area (Å²) in [6, 6.07) is 3.59. The molecule has 5 heteroatoms. The fourth-order valence-electron chi connectivity index (χ4n) is 3.16. The van der Waals surface area contributed by atoms with Crippen molar-refractivity contribution < 1.29 is 19.4 Å². The monoisotopic (exact) mass is 319 g/mol. The second-order valence-corrected chi connectivity index (χ2v) is 6.47. The van der Waals surface area contributed by atoms with Crippen molar-refractivity contribution in [3.05, 3.63) is 28.8 Å². The molecule has 1 atom stereocenters. The Labute approximate surface area is 137 Å². The van der Waals surface area contributed by atoms with Crippen molar-refractivity contribution in [2.45, 2.75) is 40.0 Å². The fraction of sp³-hybridized carbons (Fsp3) is 0.556. The van der Waals surface area contributed by atoms with Crippen LogP contribution in [0, 0.1) is 19.8 Å².